The first kappa shape index (κ1) is 13.5. The van der Waals surface area contributed by atoms with Gasteiger partial charge in [0.1, 0.15) is 5.25 Å². The number of hydrogen-bond donors (Lipinski definition) is 1. The number of fused-ring (bicyclic) bond motifs is 2. The van der Waals surface area contributed by atoms with Gasteiger partial charge < -0.3 is 5.11 Å². The predicted molar refractivity (Wildman–Crippen MR) is 83.5 cm³/mol. The molecule has 0 saturated carbocycles. The van der Waals surface area contributed by atoms with Crippen LogP contribution in [0.3, 0.4) is 0 Å². The molecule has 1 N–H and O–H groups in total. The Kier molecular flexibility index (Phi) is 3.06. The summed E-state index contributed by atoms with van der Waals surface area (Å²) in [4.78, 5) is 27.5. The molecular weight excluding hydrogens is 298 g/mol. The maximum atomic E-state index is 12.7. The van der Waals surface area contributed by atoms with Crippen molar-refractivity contribution in [3.05, 3.63) is 60.2 Å². The lowest BCUT2D eigenvalue weighted by atomic mass is 9.93. The van der Waals surface area contributed by atoms with Gasteiger partial charge in [0, 0.05) is 4.90 Å². The summed E-state index contributed by atoms with van der Waals surface area (Å²) in [6.07, 6.45) is -0.937. The molecule has 3 atom stereocenters. The monoisotopic (exact) mass is 311 g/mol. The van der Waals surface area contributed by atoms with E-state index in [1.54, 1.807) is 24.3 Å². The quantitative estimate of drug-likeness (QED) is 0.822. The Labute approximate surface area is 131 Å². The maximum Gasteiger partial charge on any atom is 0.248 e. The van der Waals surface area contributed by atoms with E-state index in [1.807, 2.05) is 30.3 Å². The van der Waals surface area contributed by atoms with Crippen molar-refractivity contribution in [2.45, 2.75) is 16.2 Å². The fourth-order valence-corrected chi connectivity index (χ4v) is 4.46. The van der Waals surface area contributed by atoms with Gasteiger partial charge in [-0.3, -0.25) is 9.59 Å². The van der Waals surface area contributed by atoms with E-state index in [0.29, 0.717) is 5.69 Å². The molecule has 0 bridgehead atoms. The second kappa shape index (κ2) is 4.97. The number of anilines is 1. The molecule has 4 nitrogen and oxygen atoms in total. The van der Waals surface area contributed by atoms with Gasteiger partial charge >= 0.3 is 0 Å². The zero-order valence-corrected chi connectivity index (χ0v) is 12.4. The van der Waals surface area contributed by atoms with Gasteiger partial charge in [-0.15, -0.1) is 11.8 Å². The normalized spacial score (nSPS) is 26.8. The van der Waals surface area contributed by atoms with Gasteiger partial charge in [0.15, 0.2) is 0 Å². The highest BCUT2D eigenvalue weighted by atomic mass is 32.2. The van der Waals surface area contributed by atoms with Crippen molar-refractivity contribution in [2.75, 3.05) is 4.90 Å². The molecule has 2 amide bonds. The Bertz CT molecular complexity index is 762. The van der Waals surface area contributed by atoms with Gasteiger partial charge in [0.2, 0.25) is 11.8 Å². The van der Waals surface area contributed by atoms with E-state index in [-0.39, 0.29) is 11.8 Å². The van der Waals surface area contributed by atoms with Crippen LogP contribution in [-0.2, 0) is 9.59 Å². The minimum Gasteiger partial charge on any atom is -0.387 e. The van der Waals surface area contributed by atoms with Crippen molar-refractivity contribution in [3.8, 4) is 0 Å². The Morgan fingerprint density at radius 2 is 1.59 bits per heavy atom. The molecule has 2 aromatic carbocycles. The van der Waals surface area contributed by atoms with Crippen LogP contribution in [0.2, 0.25) is 0 Å². The third-order valence-corrected chi connectivity index (χ3v) is 5.52. The molecule has 0 radical (unpaired) electrons. The van der Waals surface area contributed by atoms with E-state index in [0.717, 1.165) is 10.5 Å². The van der Waals surface area contributed by atoms with Crippen LogP contribution in [0.4, 0.5) is 5.69 Å². The summed E-state index contributed by atoms with van der Waals surface area (Å²) in [5.74, 6) is -1.29. The Balaban J connectivity index is 1.78. The standard InChI is InChI=1S/C17H13NO3S/c19-14-11-8-4-5-9-12(11)22-15-13(14)16(20)18(17(15)21)10-6-2-1-3-7-10/h1-9,13-15,19H/t13-,14+,15+/m1/s1. The first-order valence-electron chi connectivity index (χ1n) is 7.05. The average molecular weight is 311 g/mol. The van der Waals surface area contributed by atoms with Crippen LogP contribution in [0.1, 0.15) is 11.7 Å². The lowest BCUT2D eigenvalue weighted by molar-refractivity contribution is -0.124. The number of nitrogens with zero attached hydrogens (tertiary/aromatic N) is 1. The molecule has 1 saturated heterocycles. The van der Waals surface area contributed by atoms with Crippen molar-refractivity contribution in [2.24, 2.45) is 5.92 Å². The second-order valence-corrected chi connectivity index (χ2v) is 6.58. The molecule has 1 fully saturated rings. The molecule has 0 aromatic heterocycles. The van der Waals surface area contributed by atoms with Crippen LogP contribution in [-0.4, -0.2) is 22.2 Å². The molecule has 2 aliphatic rings. The number of carbonyl (C=O) groups excluding carboxylic acids is 2. The summed E-state index contributed by atoms with van der Waals surface area (Å²) >= 11 is 1.37. The zero-order chi connectivity index (χ0) is 15.3. The van der Waals surface area contributed by atoms with Gasteiger partial charge in [0.25, 0.3) is 0 Å². The summed E-state index contributed by atoms with van der Waals surface area (Å²) < 4.78 is 0. The lowest BCUT2D eigenvalue weighted by Crippen LogP contribution is -2.31. The topological polar surface area (TPSA) is 57.6 Å². The zero-order valence-electron chi connectivity index (χ0n) is 11.5. The summed E-state index contributed by atoms with van der Waals surface area (Å²) in [5, 5.41) is 10.0. The lowest BCUT2D eigenvalue weighted by Gasteiger charge is -2.28. The van der Waals surface area contributed by atoms with E-state index in [1.165, 1.54) is 16.7 Å². The summed E-state index contributed by atoms with van der Waals surface area (Å²) in [6, 6.07) is 16.3. The van der Waals surface area contributed by atoms with Crippen molar-refractivity contribution >= 4 is 29.3 Å². The molecule has 110 valence electrons. The number of amides is 2. The minimum absolute atomic E-state index is 0.250. The van der Waals surface area contributed by atoms with Crippen LogP contribution in [0.15, 0.2) is 59.5 Å². The van der Waals surface area contributed by atoms with Gasteiger partial charge in [-0.05, 0) is 23.8 Å². The van der Waals surface area contributed by atoms with E-state index in [9.17, 15) is 14.7 Å². The van der Waals surface area contributed by atoms with Crippen LogP contribution in [0.25, 0.3) is 0 Å². The second-order valence-electron chi connectivity index (χ2n) is 5.39. The van der Waals surface area contributed by atoms with Gasteiger partial charge in [-0.2, -0.15) is 0 Å². The average Bonchev–Trinajstić information content (AvgIpc) is 2.80. The number of carbonyl (C=O) groups is 2. The van der Waals surface area contributed by atoms with E-state index >= 15 is 0 Å². The molecule has 4 rings (SSSR count). The Hall–Kier alpha value is -2.11. The number of hydrogen-bond acceptors (Lipinski definition) is 4. The number of imide groups is 1. The van der Waals surface area contributed by atoms with Gasteiger partial charge in [0.05, 0.1) is 17.7 Å². The van der Waals surface area contributed by atoms with Crippen molar-refractivity contribution in [3.63, 3.8) is 0 Å². The summed E-state index contributed by atoms with van der Waals surface area (Å²) in [6.45, 7) is 0. The highest BCUT2D eigenvalue weighted by Gasteiger charge is 2.54. The molecule has 5 heteroatoms. The number of benzene rings is 2. The van der Waals surface area contributed by atoms with E-state index < -0.39 is 17.3 Å². The Morgan fingerprint density at radius 1 is 0.909 bits per heavy atom. The van der Waals surface area contributed by atoms with Crippen LogP contribution in [0.5, 0.6) is 0 Å². The molecule has 2 aromatic rings. The summed E-state index contributed by atoms with van der Waals surface area (Å²) in [5.41, 5.74) is 1.29. The maximum absolute atomic E-state index is 12.7. The molecule has 0 unspecified atom stereocenters. The molecular formula is C17H13NO3S. The van der Waals surface area contributed by atoms with Crippen molar-refractivity contribution < 1.29 is 14.7 Å². The van der Waals surface area contributed by atoms with Gasteiger partial charge in [-0.25, -0.2) is 4.90 Å². The molecule has 0 aliphatic carbocycles. The number of aliphatic hydroxyl groups excluding tert-OH is 1. The molecule has 22 heavy (non-hydrogen) atoms. The summed E-state index contributed by atoms with van der Waals surface area (Å²) in [7, 11) is 0. The first-order chi connectivity index (χ1) is 10.7. The van der Waals surface area contributed by atoms with E-state index in [4.69, 9.17) is 0 Å². The van der Waals surface area contributed by atoms with E-state index in [2.05, 4.69) is 0 Å². The molecule has 2 heterocycles. The Morgan fingerprint density at radius 3 is 2.36 bits per heavy atom. The largest absolute Gasteiger partial charge is 0.387 e. The number of para-hydroxylation sites is 1. The molecule has 2 aliphatic heterocycles. The highest BCUT2D eigenvalue weighted by molar-refractivity contribution is 8.00. The smallest absolute Gasteiger partial charge is 0.248 e. The van der Waals surface area contributed by atoms with Crippen LogP contribution >= 0.6 is 11.8 Å². The van der Waals surface area contributed by atoms with Crippen molar-refractivity contribution in [1.82, 2.24) is 0 Å². The predicted octanol–water partition coefficient (Wildman–Crippen LogP) is 2.38. The van der Waals surface area contributed by atoms with Gasteiger partial charge in [-0.1, -0.05) is 36.4 Å². The van der Waals surface area contributed by atoms with Crippen LogP contribution in [0, 0.1) is 5.92 Å². The minimum atomic E-state index is -0.937. The number of aliphatic hydroxyl groups is 1. The van der Waals surface area contributed by atoms with Crippen molar-refractivity contribution in [1.29, 1.82) is 0 Å². The third-order valence-electron chi connectivity index (χ3n) is 4.14. The fourth-order valence-electron chi connectivity index (χ4n) is 3.09. The number of thioether (sulfide) groups is 1. The SMILES string of the molecule is O=C1[C@H]2[C@H](Sc3ccccc3[C@@H]2O)C(=O)N1c1ccccc1. The highest BCUT2D eigenvalue weighted by Crippen LogP contribution is 2.49. The number of rotatable bonds is 1. The first-order valence-corrected chi connectivity index (χ1v) is 7.93. The third kappa shape index (κ3) is 1.82. The molecule has 0 spiro atoms. The fraction of sp³-hybridized carbons (Fsp3) is 0.176. The van der Waals surface area contributed by atoms with Crippen LogP contribution < -0.4 is 4.90 Å².